The number of aromatic nitrogens is 2. The Morgan fingerprint density at radius 3 is 2.93 bits per heavy atom. The highest BCUT2D eigenvalue weighted by molar-refractivity contribution is 9.11. The molecule has 0 atom stereocenters. The van der Waals surface area contributed by atoms with Crippen LogP contribution in [0.2, 0.25) is 5.15 Å². The molecule has 0 amide bonds. The van der Waals surface area contributed by atoms with Gasteiger partial charge in [-0.15, -0.1) is 0 Å². The van der Waals surface area contributed by atoms with Gasteiger partial charge in [0.1, 0.15) is 16.8 Å². The summed E-state index contributed by atoms with van der Waals surface area (Å²) in [5.74, 6) is 1.51. The van der Waals surface area contributed by atoms with Gasteiger partial charge in [-0.1, -0.05) is 41.0 Å². The van der Waals surface area contributed by atoms with Crippen molar-refractivity contribution in [1.29, 1.82) is 0 Å². The van der Waals surface area contributed by atoms with Gasteiger partial charge < -0.3 is 5.32 Å². The molecule has 0 spiro atoms. The molecule has 82 valence electrons. The van der Waals surface area contributed by atoms with Gasteiger partial charge in [0, 0.05) is 23.5 Å². The molecule has 0 fully saturated rings. The van der Waals surface area contributed by atoms with Gasteiger partial charge in [-0.3, -0.25) is 0 Å². The number of anilines is 1. The zero-order valence-electron chi connectivity index (χ0n) is 8.56. The Balaban J connectivity index is 2.74. The first-order chi connectivity index (χ1) is 7.11. The van der Waals surface area contributed by atoms with Crippen LogP contribution < -0.4 is 5.32 Å². The van der Waals surface area contributed by atoms with Crippen LogP contribution in [0.5, 0.6) is 0 Å². The first-order valence-corrected chi connectivity index (χ1v) is 5.89. The summed E-state index contributed by atoms with van der Waals surface area (Å²) >= 11 is 9.14. The van der Waals surface area contributed by atoms with Gasteiger partial charge in [-0.2, -0.15) is 0 Å². The van der Waals surface area contributed by atoms with Crippen molar-refractivity contribution in [2.24, 2.45) is 0 Å². The predicted molar refractivity (Wildman–Crippen MR) is 67.6 cm³/mol. The number of nitrogens with one attached hydrogen (secondary N) is 1. The fourth-order valence-corrected chi connectivity index (χ4v) is 1.42. The van der Waals surface area contributed by atoms with E-state index in [0.29, 0.717) is 11.7 Å². The van der Waals surface area contributed by atoms with Crippen LogP contribution in [0.4, 0.5) is 5.82 Å². The summed E-state index contributed by atoms with van der Waals surface area (Å²) in [7, 11) is 0. The molecule has 0 saturated heterocycles. The molecule has 5 heteroatoms. The molecular weight excluding hydrogens is 277 g/mol. The van der Waals surface area contributed by atoms with E-state index in [4.69, 9.17) is 11.6 Å². The first kappa shape index (κ1) is 12.5. The van der Waals surface area contributed by atoms with Crippen LogP contribution in [0.1, 0.15) is 19.2 Å². The Hall–Kier alpha value is -0.610. The van der Waals surface area contributed by atoms with Crippen LogP contribution in [0.25, 0.3) is 0 Å². The Bertz CT molecular complexity index is 355. The van der Waals surface area contributed by atoms with E-state index < -0.39 is 0 Å². The maximum absolute atomic E-state index is 5.88. The van der Waals surface area contributed by atoms with Gasteiger partial charge in [0.2, 0.25) is 0 Å². The zero-order valence-corrected chi connectivity index (χ0v) is 10.9. The number of hydrogen-bond donors (Lipinski definition) is 1. The van der Waals surface area contributed by atoms with Crippen LogP contribution in [-0.4, -0.2) is 16.5 Å². The molecule has 0 unspecified atom stereocenters. The molecule has 1 aromatic heterocycles. The largest absolute Gasteiger partial charge is 0.365 e. The lowest BCUT2D eigenvalue weighted by Crippen LogP contribution is -2.05. The van der Waals surface area contributed by atoms with E-state index in [1.54, 1.807) is 6.07 Å². The predicted octanol–water partition coefficient (Wildman–Crippen LogP) is 3.40. The van der Waals surface area contributed by atoms with E-state index in [9.17, 15) is 0 Å². The average molecular weight is 291 g/mol. The summed E-state index contributed by atoms with van der Waals surface area (Å²) in [5, 5.41) is 3.57. The highest BCUT2D eigenvalue weighted by Gasteiger charge is 2.02. The molecule has 1 heterocycles. The third-order valence-corrected chi connectivity index (χ3v) is 2.15. The SMILES string of the molecule is C=C(Br)CNc1cc(Cl)nc(CCC)n1. The van der Waals surface area contributed by atoms with E-state index in [2.05, 4.69) is 44.7 Å². The lowest BCUT2D eigenvalue weighted by Gasteiger charge is -2.06. The maximum Gasteiger partial charge on any atom is 0.134 e. The molecule has 0 aliphatic heterocycles. The molecule has 0 bridgehead atoms. The normalized spacial score (nSPS) is 10.1. The van der Waals surface area contributed by atoms with E-state index in [-0.39, 0.29) is 0 Å². The van der Waals surface area contributed by atoms with Crippen molar-refractivity contribution in [3.8, 4) is 0 Å². The standard InChI is InChI=1S/C10H13BrClN3/c1-3-4-9-14-8(12)5-10(15-9)13-6-7(2)11/h5H,2-4,6H2,1H3,(H,13,14,15). The Kier molecular flexibility index (Phi) is 5.05. The van der Waals surface area contributed by atoms with Gasteiger partial charge in [0.25, 0.3) is 0 Å². The summed E-state index contributed by atoms with van der Waals surface area (Å²) in [6.45, 7) is 6.43. The highest BCUT2D eigenvalue weighted by atomic mass is 79.9. The first-order valence-electron chi connectivity index (χ1n) is 4.72. The van der Waals surface area contributed by atoms with Crippen LogP contribution in [0, 0.1) is 0 Å². The van der Waals surface area contributed by atoms with E-state index >= 15 is 0 Å². The average Bonchev–Trinajstić information content (AvgIpc) is 2.14. The molecular formula is C10H13BrClN3. The van der Waals surface area contributed by atoms with Gasteiger partial charge in [-0.05, 0) is 6.42 Å². The van der Waals surface area contributed by atoms with Crippen LogP contribution in [-0.2, 0) is 6.42 Å². The summed E-state index contributed by atoms with van der Waals surface area (Å²) in [6.07, 6.45) is 1.84. The third kappa shape index (κ3) is 4.62. The molecule has 1 N–H and O–H groups in total. The van der Waals surface area contributed by atoms with Crippen molar-refractivity contribution < 1.29 is 0 Å². The fraction of sp³-hybridized carbons (Fsp3) is 0.400. The fourth-order valence-electron chi connectivity index (χ4n) is 1.08. The molecule has 0 aliphatic carbocycles. The van der Waals surface area contributed by atoms with Crippen molar-refractivity contribution in [3.63, 3.8) is 0 Å². The molecule has 1 rings (SSSR count). The van der Waals surface area contributed by atoms with Crippen molar-refractivity contribution in [2.75, 3.05) is 11.9 Å². The minimum absolute atomic E-state index is 0.469. The number of nitrogens with zero attached hydrogens (tertiary/aromatic N) is 2. The summed E-state index contributed by atoms with van der Waals surface area (Å²) in [4.78, 5) is 8.46. The number of aryl methyl sites for hydroxylation is 1. The Morgan fingerprint density at radius 2 is 2.33 bits per heavy atom. The van der Waals surface area contributed by atoms with E-state index in [1.807, 2.05) is 0 Å². The number of rotatable bonds is 5. The third-order valence-electron chi connectivity index (χ3n) is 1.68. The number of hydrogen-bond acceptors (Lipinski definition) is 3. The maximum atomic E-state index is 5.88. The van der Waals surface area contributed by atoms with E-state index in [0.717, 1.165) is 29.0 Å². The monoisotopic (exact) mass is 289 g/mol. The topological polar surface area (TPSA) is 37.8 Å². The lowest BCUT2D eigenvalue weighted by atomic mass is 10.3. The second kappa shape index (κ2) is 6.08. The molecule has 1 aromatic rings. The molecule has 0 radical (unpaired) electrons. The Labute approximate surface area is 103 Å². The van der Waals surface area contributed by atoms with E-state index in [1.165, 1.54) is 0 Å². The second-order valence-corrected chi connectivity index (χ2v) is 4.62. The minimum atomic E-state index is 0.469. The van der Waals surface area contributed by atoms with Gasteiger partial charge in [0.05, 0.1) is 0 Å². The quantitative estimate of drug-likeness (QED) is 0.845. The molecule has 0 aromatic carbocycles. The van der Waals surface area contributed by atoms with Gasteiger partial charge in [0.15, 0.2) is 0 Å². The molecule has 3 nitrogen and oxygen atoms in total. The van der Waals surface area contributed by atoms with Crippen LogP contribution >= 0.6 is 27.5 Å². The van der Waals surface area contributed by atoms with Crippen molar-refractivity contribution in [2.45, 2.75) is 19.8 Å². The van der Waals surface area contributed by atoms with Crippen LogP contribution in [0.15, 0.2) is 17.1 Å². The summed E-state index contributed by atoms with van der Waals surface area (Å²) in [6, 6.07) is 1.71. The highest BCUT2D eigenvalue weighted by Crippen LogP contribution is 2.13. The lowest BCUT2D eigenvalue weighted by molar-refractivity contribution is 0.835. The minimum Gasteiger partial charge on any atom is -0.365 e. The summed E-state index contributed by atoms with van der Waals surface area (Å²) in [5.41, 5.74) is 0. The van der Waals surface area contributed by atoms with Crippen molar-refractivity contribution in [1.82, 2.24) is 9.97 Å². The number of halogens is 2. The van der Waals surface area contributed by atoms with Gasteiger partial charge >= 0.3 is 0 Å². The van der Waals surface area contributed by atoms with Crippen molar-refractivity contribution in [3.05, 3.63) is 28.1 Å². The van der Waals surface area contributed by atoms with Crippen molar-refractivity contribution >= 4 is 33.3 Å². The second-order valence-electron chi connectivity index (χ2n) is 3.11. The smallest absolute Gasteiger partial charge is 0.134 e. The summed E-state index contributed by atoms with van der Waals surface area (Å²) < 4.78 is 0.870. The van der Waals surface area contributed by atoms with Crippen LogP contribution in [0.3, 0.4) is 0 Å². The Morgan fingerprint density at radius 1 is 1.60 bits per heavy atom. The zero-order chi connectivity index (χ0) is 11.3. The molecule has 0 aliphatic rings. The van der Waals surface area contributed by atoms with Gasteiger partial charge in [-0.25, -0.2) is 9.97 Å². The molecule has 0 saturated carbocycles. The molecule has 15 heavy (non-hydrogen) atoms.